The van der Waals surface area contributed by atoms with Crippen molar-refractivity contribution < 1.29 is 23.9 Å². The van der Waals surface area contributed by atoms with Gasteiger partial charge in [-0.05, 0) is 97.4 Å². The zero-order valence-electron chi connectivity index (χ0n) is 26.9. The molecule has 2 saturated heterocycles. The summed E-state index contributed by atoms with van der Waals surface area (Å²) < 4.78 is 11.2. The third kappa shape index (κ3) is 8.09. The number of carbonyl (C=O) groups is 3. The zero-order valence-corrected chi connectivity index (χ0v) is 26.9. The number of nitrogens with one attached hydrogen (secondary N) is 1. The Morgan fingerprint density at radius 3 is 2.16 bits per heavy atom. The molecule has 4 rings (SSSR count). The first kappa shape index (κ1) is 32.4. The van der Waals surface area contributed by atoms with Crippen molar-refractivity contribution in [3.63, 3.8) is 0 Å². The van der Waals surface area contributed by atoms with Crippen molar-refractivity contribution in [1.29, 1.82) is 0 Å². The smallest absolute Gasteiger partial charge is 0.410 e. The lowest BCUT2D eigenvalue weighted by molar-refractivity contribution is -0.0127. The van der Waals surface area contributed by atoms with E-state index in [-0.39, 0.29) is 24.1 Å². The summed E-state index contributed by atoms with van der Waals surface area (Å²) in [6.45, 7) is 14.4. The number of hydrogen-bond acceptors (Lipinski definition) is 5. The van der Waals surface area contributed by atoms with Crippen LogP contribution in [0.1, 0.15) is 108 Å². The van der Waals surface area contributed by atoms with E-state index >= 15 is 0 Å². The van der Waals surface area contributed by atoms with E-state index in [1.807, 2.05) is 93.8 Å². The van der Waals surface area contributed by atoms with Crippen LogP contribution in [0, 0.1) is 0 Å². The van der Waals surface area contributed by atoms with Crippen molar-refractivity contribution in [2.45, 2.75) is 116 Å². The normalized spacial score (nSPS) is 22.7. The van der Waals surface area contributed by atoms with Gasteiger partial charge in [0.1, 0.15) is 11.2 Å². The van der Waals surface area contributed by atoms with E-state index in [0.717, 1.165) is 36.8 Å². The standard InChI is InChI=1S/C35H49N3O5/c1-33(2,3)42-31(40)36-22-21-25-17-19-27(20-18-25)30(39)38-28(26-14-10-8-11-15-26)24-35(7)29(38)16-12-9-13-23-37(35)32(41)43-34(4,5)6/h8,10-11,14-15,17-20,28-29H,9,12-13,16,21-24H2,1-7H3,(H,36,40)/t28-,29-,35-/m0/s1. The zero-order chi connectivity index (χ0) is 31.4. The molecule has 0 radical (unpaired) electrons. The van der Waals surface area contributed by atoms with Crippen molar-refractivity contribution in [1.82, 2.24) is 15.1 Å². The molecule has 8 nitrogen and oxygen atoms in total. The van der Waals surface area contributed by atoms with E-state index in [2.05, 4.69) is 24.4 Å². The Hall–Kier alpha value is -3.55. The van der Waals surface area contributed by atoms with Gasteiger partial charge in [-0.1, -0.05) is 55.3 Å². The molecular formula is C35H49N3O5. The predicted molar refractivity (Wildman–Crippen MR) is 168 cm³/mol. The van der Waals surface area contributed by atoms with Crippen LogP contribution in [0.3, 0.4) is 0 Å². The van der Waals surface area contributed by atoms with Gasteiger partial charge >= 0.3 is 12.2 Å². The topological polar surface area (TPSA) is 88.2 Å². The van der Waals surface area contributed by atoms with Gasteiger partial charge in [0.05, 0.1) is 17.6 Å². The van der Waals surface area contributed by atoms with Gasteiger partial charge in [0, 0.05) is 18.7 Å². The number of nitrogens with zero attached hydrogens (tertiary/aromatic N) is 2. The maximum Gasteiger partial charge on any atom is 0.410 e. The van der Waals surface area contributed by atoms with Crippen LogP contribution in [0.15, 0.2) is 54.6 Å². The molecule has 0 spiro atoms. The fraction of sp³-hybridized carbons (Fsp3) is 0.571. The average molecular weight is 592 g/mol. The van der Waals surface area contributed by atoms with Crippen LogP contribution in [0.2, 0.25) is 0 Å². The molecule has 2 aromatic carbocycles. The first-order chi connectivity index (χ1) is 20.2. The van der Waals surface area contributed by atoms with Crippen LogP contribution in [-0.4, -0.2) is 63.8 Å². The quantitative estimate of drug-likeness (QED) is 0.395. The molecule has 234 valence electrons. The Kier molecular flexibility index (Phi) is 9.77. The molecular weight excluding hydrogens is 542 g/mol. The second-order valence-electron chi connectivity index (χ2n) is 14.1. The summed E-state index contributed by atoms with van der Waals surface area (Å²) in [4.78, 5) is 44.0. The number of carbonyl (C=O) groups excluding carboxylic acids is 3. The molecule has 2 aromatic rings. The van der Waals surface area contributed by atoms with E-state index in [4.69, 9.17) is 9.47 Å². The van der Waals surface area contributed by atoms with E-state index in [1.165, 1.54) is 0 Å². The van der Waals surface area contributed by atoms with E-state index in [1.54, 1.807) is 0 Å². The molecule has 3 amide bonds. The summed E-state index contributed by atoms with van der Waals surface area (Å²) >= 11 is 0. The fourth-order valence-corrected chi connectivity index (χ4v) is 6.36. The van der Waals surface area contributed by atoms with Crippen molar-refractivity contribution >= 4 is 18.1 Å². The monoisotopic (exact) mass is 591 g/mol. The summed E-state index contributed by atoms with van der Waals surface area (Å²) in [5.41, 5.74) is 0.961. The van der Waals surface area contributed by atoms with Gasteiger partial charge in [0.25, 0.3) is 5.91 Å². The number of benzene rings is 2. The SMILES string of the molecule is CC(C)(C)OC(=O)NCCc1ccc(C(=O)N2[C@H]3CCCCCN(C(=O)OC(C)(C)C)[C@@]3(C)C[C@H]2c2ccccc2)cc1. The minimum atomic E-state index is -0.609. The third-order valence-corrected chi connectivity index (χ3v) is 8.29. The molecule has 3 atom stereocenters. The van der Waals surface area contributed by atoms with Crippen molar-refractivity contribution in [3.05, 3.63) is 71.3 Å². The highest BCUT2D eigenvalue weighted by molar-refractivity contribution is 5.95. The Balaban J connectivity index is 1.59. The molecule has 0 bridgehead atoms. The second-order valence-corrected chi connectivity index (χ2v) is 14.1. The number of likely N-dealkylation sites (tertiary alicyclic amines) is 2. The largest absolute Gasteiger partial charge is 0.444 e. The van der Waals surface area contributed by atoms with Crippen LogP contribution in [0.25, 0.3) is 0 Å². The van der Waals surface area contributed by atoms with Gasteiger partial charge < -0.3 is 24.6 Å². The van der Waals surface area contributed by atoms with Gasteiger partial charge in [-0.3, -0.25) is 4.79 Å². The third-order valence-electron chi connectivity index (χ3n) is 8.29. The average Bonchev–Trinajstić information content (AvgIpc) is 3.19. The fourth-order valence-electron chi connectivity index (χ4n) is 6.36. The summed E-state index contributed by atoms with van der Waals surface area (Å²) in [5.74, 6) is -0.0364. The van der Waals surface area contributed by atoms with E-state index in [9.17, 15) is 14.4 Å². The molecule has 0 saturated carbocycles. The van der Waals surface area contributed by atoms with Crippen LogP contribution < -0.4 is 5.32 Å². The van der Waals surface area contributed by atoms with Gasteiger partial charge in [-0.2, -0.15) is 0 Å². The number of amides is 3. The molecule has 2 aliphatic rings. The first-order valence-electron chi connectivity index (χ1n) is 15.6. The highest BCUT2D eigenvalue weighted by atomic mass is 16.6. The van der Waals surface area contributed by atoms with Crippen LogP contribution in [0.5, 0.6) is 0 Å². The predicted octanol–water partition coefficient (Wildman–Crippen LogP) is 7.28. The second kappa shape index (κ2) is 13.0. The Morgan fingerprint density at radius 1 is 0.884 bits per heavy atom. The number of ether oxygens (including phenoxy) is 2. The molecule has 0 aromatic heterocycles. The number of fused-ring (bicyclic) bond motifs is 1. The van der Waals surface area contributed by atoms with E-state index in [0.29, 0.717) is 31.5 Å². The minimum Gasteiger partial charge on any atom is -0.444 e. The molecule has 2 aliphatic heterocycles. The van der Waals surface area contributed by atoms with Crippen LogP contribution in [0.4, 0.5) is 9.59 Å². The van der Waals surface area contributed by atoms with E-state index < -0.39 is 22.8 Å². The Morgan fingerprint density at radius 2 is 1.53 bits per heavy atom. The molecule has 2 heterocycles. The highest BCUT2D eigenvalue weighted by Crippen LogP contribution is 2.49. The molecule has 43 heavy (non-hydrogen) atoms. The maximum atomic E-state index is 14.4. The molecule has 2 fully saturated rings. The van der Waals surface area contributed by atoms with Gasteiger partial charge in [0.2, 0.25) is 0 Å². The lowest BCUT2D eigenvalue weighted by Gasteiger charge is -2.45. The summed E-state index contributed by atoms with van der Waals surface area (Å²) in [6, 6.07) is 17.5. The first-order valence-corrected chi connectivity index (χ1v) is 15.6. The lowest BCUT2D eigenvalue weighted by atomic mass is 9.84. The number of alkyl carbamates (subject to hydrolysis) is 1. The van der Waals surface area contributed by atoms with Crippen molar-refractivity contribution in [2.75, 3.05) is 13.1 Å². The summed E-state index contributed by atoms with van der Waals surface area (Å²) in [7, 11) is 0. The molecule has 8 heteroatoms. The van der Waals surface area contributed by atoms with Gasteiger partial charge in [0.15, 0.2) is 0 Å². The van der Waals surface area contributed by atoms with Crippen LogP contribution >= 0.6 is 0 Å². The molecule has 1 N–H and O–H groups in total. The van der Waals surface area contributed by atoms with Crippen molar-refractivity contribution in [2.24, 2.45) is 0 Å². The van der Waals surface area contributed by atoms with Crippen LogP contribution in [-0.2, 0) is 15.9 Å². The summed E-state index contributed by atoms with van der Waals surface area (Å²) in [5, 5.41) is 2.79. The minimum absolute atomic E-state index is 0.0364. The maximum absolute atomic E-state index is 14.4. The number of hydrogen-bond donors (Lipinski definition) is 1. The Labute approximate surface area is 257 Å². The van der Waals surface area contributed by atoms with Gasteiger partial charge in [-0.25, -0.2) is 9.59 Å². The lowest BCUT2D eigenvalue weighted by Crippen LogP contribution is -2.59. The van der Waals surface area contributed by atoms with Gasteiger partial charge in [-0.15, -0.1) is 0 Å². The highest BCUT2D eigenvalue weighted by Gasteiger charge is 2.56. The molecule has 0 unspecified atom stereocenters. The number of rotatable bonds is 5. The Bertz CT molecular complexity index is 1270. The summed E-state index contributed by atoms with van der Waals surface area (Å²) in [6.07, 6.45) is 4.23. The van der Waals surface area contributed by atoms with Crippen molar-refractivity contribution in [3.8, 4) is 0 Å². The molecule has 0 aliphatic carbocycles.